The van der Waals surface area contributed by atoms with Crippen LogP contribution in [0.5, 0.6) is 5.75 Å². The summed E-state index contributed by atoms with van der Waals surface area (Å²) in [6.45, 7) is 0. The van der Waals surface area contributed by atoms with E-state index in [0.29, 0.717) is 12.2 Å². The fourth-order valence-corrected chi connectivity index (χ4v) is 5.09. The number of aliphatic hydroxyl groups is 1. The van der Waals surface area contributed by atoms with Crippen LogP contribution in [-0.2, 0) is 0 Å². The number of aliphatic hydroxyl groups excluding tert-OH is 1. The average Bonchev–Trinajstić information content (AvgIpc) is 3.25. The molecule has 0 bridgehead atoms. The SMILES string of the molecule is OC1=C[C@]2(CCC1)Oc1ccc(Br)cc1[C@H]1CC(c3cccs3)=NN12. The quantitative estimate of drug-likeness (QED) is 0.678. The molecule has 1 N–H and O–H groups in total. The van der Waals surface area contributed by atoms with Crippen LogP contribution >= 0.6 is 27.3 Å². The first-order chi connectivity index (χ1) is 12.1. The summed E-state index contributed by atoms with van der Waals surface area (Å²) in [5.41, 5.74) is 1.55. The Bertz CT molecular complexity index is 893. The van der Waals surface area contributed by atoms with Crippen LogP contribution in [0.15, 0.2) is 57.1 Å². The lowest BCUT2D eigenvalue weighted by molar-refractivity contribution is -0.0944. The Morgan fingerprint density at radius 3 is 3.08 bits per heavy atom. The zero-order valence-corrected chi connectivity index (χ0v) is 15.9. The molecule has 3 aliphatic rings. The number of hydrogen-bond donors (Lipinski definition) is 1. The minimum Gasteiger partial charge on any atom is -0.512 e. The van der Waals surface area contributed by atoms with E-state index in [9.17, 15) is 5.11 Å². The summed E-state index contributed by atoms with van der Waals surface area (Å²) in [4.78, 5) is 1.20. The first-order valence-corrected chi connectivity index (χ1v) is 10.1. The normalized spacial score (nSPS) is 27.4. The number of hydrazone groups is 1. The molecule has 2 aromatic rings. The van der Waals surface area contributed by atoms with Crippen LogP contribution in [-0.4, -0.2) is 21.6 Å². The van der Waals surface area contributed by atoms with Crippen molar-refractivity contribution in [3.05, 3.63) is 62.5 Å². The van der Waals surface area contributed by atoms with Crippen molar-refractivity contribution in [2.24, 2.45) is 5.10 Å². The molecule has 0 amide bonds. The molecule has 25 heavy (non-hydrogen) atoms. The molecule has 4 nitrogen and oxygen atoms in total. The molecule has 128 valence electrons. The summed E-state index contributed by atoms with van der Waals surface area (Å²) >= 11 is 5.29. The second-order valence-corrected chi connectivity index (χ2v) is 8.57. The molecule has 0 saturated carbocycles. The second-order valence-electron chi connectivity index (χ2n) is 6.71. The van der Waals surface area contributed by atoms with E-state index >= 15 is 0 Å². The lowest BCUT2D eigenvalue weighted by Gasteiger charge is -2.47. The second kappa shape index (κ2) is 5.61. The van der Waals surface area contributed by atoms with Crippen molar-refractivity contribution in [2.45, 2.75) is 37.5 Å². The number of benzene rings is 1. The summed E-state index contributed by atoms with van der Waals surface area (Å²) in [6, 6.07) is 10.4. The molecule has 3 heterocycles. The summed E-state index contributed by atoms with van der Waals surface area (Å²) in [5, 5.41) is 19.3. The van der Waals surface area contributed by atoms with Gasteiger partial charge in [-0.15, -0.1) is 11.3 Å². The molecule has 1 aromatic carbocycles. The minimum atomic E-state index is -0.688. The molecule has 0 saturated heterocycles. The van der Waals surface area contributed by atoms with Crippen LogP contribution in [0.2, 0.25) is 0 Å². The highest BCUT2D eigenvalue weighted by Gasteiger charge is 2.50. The van der Waals surface area contributed by atoms with Gasteiger partial charge >= 0.3 is 0 Å². The predicted octanol–water partition coefficient (Wildman–Crippen LogP) is 5.38. The fourth-order valence-electron chi connectivity index (χ4n) is 3.99. The highest BCUT2D eigenvalue weighted by Crippen LogP contribution is 2.50. The molecule has 1 aliphatic carbocycles. The maximum atomic E-state index is 10.2. The van der Waals surface area contributed by atoms with E-state index in [1.54, 1.807) is 11.3 Å². The molecule has 2 atom stereocenters. The van der Waals surface area contributed by atoms with Crippen molar-refractivity contribution in [2.75, 3.05) is 0 Å². The zero-order valence-electron chi connectivity index (χ0n) is 13.5. The van der Waals surface area contributed by atoms with Gasteiger partial charge < -0.3 is 9.84 Å². The Kier molecular flexibility index (Phi) is 3.47. The molecular weight excluding hydrogens is 400 g/mol. The summed E-state index contributed by atoms with van der Waals surface area (Å²) < 4.78 is 7.47. The minimum absolute atomic E-state index is 0.125. The van der Waals surface area contributed by atoms with Gasteiger partial charge in [-0.3, -0.25) is 0 Å². The first-order valence-electron chi connectivity index (χ1n) is 8.44. The molecule has 0 radical (unpaired) electrons. The number of halogens is 1. The van der Waals surface area contributed by atoms with Gasteiger partial charge in [0.15, 0.2) is 0 Å². The highest BCUT2D eigenvalue weighted by atomic mass is 79.9. The van der Waals surface area contributed by atoms with Crippen LogP contribution in [0.3, 0.4) is 0 Å². The van der Waals surface area contributed by atoms with Gasteiger partial charge in [-0.2, -0.15) is 5.10 Å². The third kappa shape index (κ3) is 2.42. The van der Waals surface area contributed by atoms with Crippen molar-refractivity contribution >= 4 is 33.0 Å². The van der Waals surface area contributed by atoms with Gasteiger partial charge in [-0.1, -0.05) is 22.0 Å². The molecule has 5 rings (SSSR count). The van der Waals surface area contributed by atoms with E-state index < -0.39 is 5.72 Å². The maximum Gasteiger partial charge on any atom is 0.220 e. The van der Waals surface area contributed by atoms with Gasteiger partial charge in [0, 0.05) is 35.4 Å². The van der Waals surface area contributed by atoms with Gasteiger partial charge in [-0.05, 0) is 36.1 Å². The van der Waals surface area contributed by atoms with Gasteiger partial charge in [-0.25, -0.2) is 5.01 Å². The Morgan fingerprint density at radius 2 is 2.28 bits per heavy atom. The molecule has 0 fully saturated rings. The third-order valence-electron chi connectivity index (χ3n) is 5.08. The van der Waals surface area contributed by atoms with Crippen molar-refractivity contribution in [1.29, 1.82) is 0 Å². The van der Waals surface area contributed by atoms with Gasteiger partial charge in [0.25, 0.3) is 0 Å². The number of thiophene rings is 1. The van der Waals surface area contributed by atoms with Crippen molar-refractivity contribution in [1.82, 2.24) is 5.01 Å². The smallest absolute Gasteiger partial charge is 0.220 e. The summed E-state index contributed by atoms with van der Waals surface area (Å²) in [5.74, 6) is 1.28. The monoisotopic (exact) mass is 416 g/mol. The van der Waals surface area contributed by atoms with Gasteiger partial charge in [0.1, 0.15) is 5.75 Å². The number of fused-ring (bicyclic) bond motifs is 4. The standard InChI is InChI=1S/C19H17BrN2O2S/c20-12-5-6-17-14(9-12)16-10-15(18-4-2-8-25-18)21-22(16)19(24-17)7-1-3-13(23)11-19/h2,4-6,8-9,11,16,23H,1,3,7,10H2/t16-,19+/m1/s1. The number of hydrogen-bond acceptors (Lipinski definition) is 5. The summed E-state index contributed by atoms with van der Waals surface area (Å²) in [7, 11) is 0. The van der Waals surface area contributed by atoms with Crippen molar-refractivity contribution in [3.63, 3.8) is 0 Å². The molecule has 2 aliphatic heterocycles. The first kappa shape index (κ1) is 15.5. The lowest BCUT2D eigenvalue weighted by atomic mass is 9.90. The topological polar surface area (TPSA) is 45.1 Å². The average molecular weight is 417 g/mol. The molecule has 0 unspecified atom stereocenters. The molecule has 6 heteroatoms. The van der Waals surface area contributed by atoms with E-state index in [4.69, 9.17) is 9.84 Å². The predicted molar refractivity (Wildman–Crippen MR) is 102 cm³/mol. The largest absolute Gasteiger partial charge is 0.512 e. The molecular formula is C19H17BrN2O2S. The highest BCUT2D eigenvalue weighted by molar-refractivity contribution is 9.10. The van der Waals surface area contributed by atoms with E-state index in [1.807, 2.05) is 18.2 Å². The van der Waals surface area contributed by atoms with E-state index in [0.717, 1.165) is 40.8 Å². The van der Waals surface area contributed by atoms with Crippen LogP contribution in [0.1, 0.15) is 42.2 Å². The Balaban J connectivity index is 1.66. The summed E-state index contributed by atoms with van der Waals surface area (Å²) in [6.07, 6.45) is 5.13. The Morgan fingerprint density at radius 1 is 1.36 bits per heavy atom. The van der Waals surface area contributed by atoms with Gasteiger partial charge in [0.2, 0.25) is 5.72 Å². The van der Waals surface area contributed by atoms with Crippen molar-refractivity contribution in [3.8, 4) is 5.75 Å². The fraction of sp³-hybridized carbons (Fsp3) is 0.316. The van der Waals surface area contributed by atoms with E-state index in [2.05, 4.69) is 44.5 Å². The lowest BCUT2D eigenvalue weighted by Crippen LogP contribution is -2.53. The van der Waals surface area contributed by atoms with Crippen LogP contribution < -0.4 is 4.74 Å². The zero-order chi connectivity index (χ0) is 17.0. The third-order valence-corrected chi connectivity index (χ3v) is 6.49. The van der Waals surface area contributed by atoms with Crippen LogP contribution in [0, 0.1) is 0 Å². The Hall–Kier alpha value is -1.79. The Labute approximate surface area is 158 Å². The van der Waals surface area contributed by atoms with Gasteiger partial charge in [0.05, 0.1) is 22.4 Å². The van der Waals surface area contributed by atoms with Crippen molar-refractivity contribution < 1.29 is 9.84 Å². The maximum absolute atomic E-state index is 10.2. The molecule has 1 spiro atoms. The van der Waals surface area contributed by atoms with Crippen LogP contribution in [0.25, 0.3) is 0 Å². The number of allylic oxidation sites excluding steroid dienone is 1. The number of ether oxygens (including phenoxy) is 1. The number of nitrogens with zero attached hydrogens (tertiary/aromatic N) is 2. The molecule has 1 aromatic heterocycles. The van der Waals surface area contributed by atoms with Crippen LogP contribution in [0.4, 0.5) is 0 Å². The van der Waals surface area contributed by atoms with E-state index in [-0.39, 0.29) is 6.04 Å². The number of rotatable bonds is 1. The van der Waals surface area contributed by atoms with E-state index in [1.165, 1.54) is 4.88 Å².